The summed E-state index contributed by atoms with van der Waals surface area (Å²) < 4.78 is 12.0. The second-order valence-corrected chi connectivity index (χ2v) is 6.72. The van der Waals surface area contributed by atoms with Crippen LogP contribution < -0.4 is 0 Å². The molecule has 3 aromatic carbocycles. The zero-order valence-electron chi connectivity index (χ0n) is 12.8. The van der Waals surface area contributed by atoms with Crippen LogP contribution in [0.15, 0.2) is 71.2 Å². The van der Waals surface area contributed by atoms with E-state index in [1.807, 2.05) is 24.3 Å². The van der Waals surface area contributed by atoms with Crippen LogP contribution in [0.4, 0.5) is 0 Å². The minimum Gasteiger partial charge on any atom is -0.459 e. The van der Waals surface area contributed by atoms with Crippen molar-refractivity contribution in [3.8, 4) is 0 Å². The Morgan fingerprint density at radius 1 is 1.00 bits per heavy atom. The maximum absolute atomic E-state index is 12.0. The number of ether oxygens (including phenoxy) is 2. The molecule has 0 unspecified atom stereocenters. The van der Waals surface area contributed by atoms with Gasteiger partial charge in [0.15, 0.2) is 0 Å². The third kappa shape index (κ3) is 3.21. The molecule has 3 aromatic rings. The van der Waals surface area contributed by atoms with Gasteiger partial charge in [-0.25, -0.2) is 4.79 Å². The van der Waals surface area contributed by atoms with Gasteiger partial charge in [0.05, 0.1) is 5.56 Å². The van der Waals surface area contributed by atoms with E-state index in [-0.39, 0.29) is 24.8 Å². The summed E-state index contributed by atoms with van der Waals surface area (Å²) in [7, 11) is 0. The molecular weight excluding hydrogens is 368 g/mol. The summed E-state index contributed by atoms with van der Waals surface area (Å²) in [6.07, 6.45) is -0.0575. The summed E-state index contributed by atoms with van der Waals surface area (Å²) in [4.78, 5) is 12.0. The molecule has 1 saturated heterocycles. The van der Waals surface area contributed by atoms with Crippen LogP contribution in [0.25, 0.3) is 10.8 Å². The highest BCUT2D eigenvalue weighted by atomic mass is 79.9. The van der Waals surface area contributed by atoms with Gasteiger partial charge >= 0.3 is 5.97 Å². The zero-order chi connectivity index (χ0) is 16.5. The monoisotopic (exact) mass is 382 g/mol. The highest BCUT2D eigenvalue weighted by molar-refractivity contribution is 9.10. The summed E-state index contributed by atoms with van der Waals surface area (Å²) in [6.45, 7) is 0.270. The molecule has 1 heterocycles. The maximum Gasteiger partial charge on any atom is 0.338 e. The molecule has 1 aliphatic rings. The molecule has 0 aliphatic carbocycles. The van der Waals surface area contributed by atoms with Gasteiger partial charge in [-0.2, -0.15) is 0 Å². The Bertz CT molecular complexity index is 889. The van der Waals surface area contributed by atoms with Crippen molar-refractivity contribution in [1.82, 2.24) is 0 Å². The third-order valence-corrected chi connectivity index (χ3v) is 4.67. The predicted octanol–water partition coefficient (Wildman–Crippen LogP) is 4.90. The minimum absolute atomic E-state index is 0.00678. The van der Waals surface area contributed by atoms with E-state index >= 15 is 0 Å². The second kappa shape index (κ2) is 6.38. The fraction of sp³-hybridized carbons (Fsp3) is 0.150. The maximum atomic E-state index is 12.0. The van der Waals surface area contributed by atoms with E-state index in [0.29, 0.717) is 5.56 Å². The van der Waals surface area contributed by atoms with E-state index in [2.05, 4.69) is 46.3 Å². The highest BCUT2D eigenvalue weighted by Crippen LogP contribution is 2.39. The quantitative estimate of drug-likeness (QED) is 0.475. The van der Waals surface area contributed by atoms with Crippen molar-refractivity contribution < 1.29 is 14.3 Å². The van der Waals surface area contributed by atoms with Crippen LogP contribution in [-0.2, 0) is 9.47 Å². The Kier molecular flexibility index (Phi) is 4.08. The predicted molar refractivity (Wildman–Crippen MR) is 96.0 cm³/mol. The van der Waals surface area contributed by atoms with Crippen LogP contribution >= 0.6 is 15.9 Å². The first kappa shape index (κ1) is 15.4. The Balaban J connectivity index is 1.37. The van der Waals surface area contributed by atoms with E-state index in [0.717, 1.165) is 10.0 Å². The fourth-order valence-corrected chi connectivity index (χ4v) is 3.04. The lowest BCUT2D eigenvalue weighted by molar-refractivity contribution is 0.0476. The van der Waals surface area contributed by atoms with Crippen molar-refractivity contribution >= 4 is 32.7 Å². The number of carbonyl (C=O) groups excluding carboxylic acids is 1. The fourth-order valence-electron chi connectivity index (χ4n) is 2.77. The topological polar surface area (TPSA) is 38.8 Å². The first-order valence-corrected chi connectivity index (χ1v) is 8.57. The largest absolute Gasteiger partial charge is 0.459 e. The third-order valence-electron chi connectivity index (χ3n) is 4.14. The molecule has 2 atom stereocenters. The Labute approximate surface area is 148 Å². The lowest BCUT2D eigenvalue weighted by Gasteiger charge is -2.03. The standard InChI is InChI=1S/C20H15BrO3/c21-17-9-7-14(8-10-17)20(22)23-12-18-19(24-18)16-6-5-13-3-1-2-4-15(13)11-16/h1-11,18-19H,12H2/t18-,19-/m1/s1. The minimum atomic E-state index is -0.324. The number of hydrogen-bond acceptors (Lipinski definition) is 3. The summed E-state index contributed by atoms with van der Waals surface area (Å²) in [5.74, 6) is -0.324. The van der Waals surface area contributed by atoms with Gasteiger partial charge < -0.3 is 9.47 Å². The van der Waals surface area contributed by atoms with Gasteiger partial charge in [0.25, 0.3) is 0 Å². The van der Waals surface area contributed by atoms with Crippen LogP contribution in [-0.4, -0.2) is 18.7 Å². The van der Waals surface area contributed by atoms with Crippen LogP contribution in [0.1, 0.15) is 22.0 Å². The smallest absolute Gasteiger partial charge is 0.338 e. The first-order valence-electron chi connectivity index (χ1n) is 7.77. The number of fused-ring (bicyclic) bond motifs is 1. The van der Waals surface area contributed by atoms with Gasteiger partial charge in [0, 0.05) is 4.47 Å². The van der Waals surface area contributed by atoms with Crippen LogP contribution in [0.2, 0.25) is 0 Å². The van der Waals surface area contributed by atoms with Crippen LogP contribution in [0.5, 0.6) is 0 Å². The normalized spacial score (nSPS) is 19.2. The average Bonchev–Trinajstić information content (AvgIpc) is 3.39. The van der Waals surface area contributed by atoms with E-state index in [4.69, 9.17) is 9.47 Å². The molecule has 4 rings (SSSR count). The van der Waals surface area contributed by atoms with Crippen molar-refractivity contribution in [3.63, 3.8) is 0 Å². The summed E-state index contributed by atoms with van der Waals surface area (Å²) in [5.41, 5.74) is 1.67. The highest BCUT2D eigenvalue weighted by Gasteiger charge is 2.41. The van der Waals surface area contributed by atoms with Gasteiger partial charge in [-0.1, -0.05) is 52.3 Å². The molecule has 1 aliphatic heterocycles. The number of epoxide rings is 1. The van der Waals surface area contributed by atoms with Crippen LogP contribution in [0.3, 0.4) is 0 Å². The Morgan fingerprint density at radius 2 is 1.75 bits per heavy atom. The van der Waals surface area contributed by atoms with Gasteiger partial charge in [0.1, 0.15) is 18.8 Å². The molecular formula is C20H15BrO3. The molecule has 24 heavy (non-hydrogen) atoms. The van der Waals surface area contributed by atoms with Crippen molar-refractivity contribution in [3.05, 3.63) is 82.3 Å². The van der Waals surface area contributed by atoms with Crippen LogP contribution in [0, 0.1) is 0 Å². The SMILES string of the molecule is O=C(OC[C@H]1O[C@@H]1c1ccc2ccccc2c1)c1ccc(Br)cc1. The van der Waals surface area contributed by atoms with Crippen molar-refractivity contribution in [2.24, 2.45) is 0 Å². The lowest BCUT2D eigenvalue weighted by atomic mass is 10.0. The molecule has 0 aromatic heterocycles. The Hall–Kier alpha value is -2.17. The second-order valence-electron chi connectivity index (χ2n) is 5.81. The number of esters is 1. The van der Waals surface area contributed by atoms with Gasteiger partial charge in [-0.3, -0.25) is 0 Å². The van der Waals surface area contributed by atoms with Gasteiger partial charge in [0.2, 0.25) is 0 Å². The number of benzene rings is 3. The molecule has 1 fully saturated rings. The molecule has 0 saturated carbocycles. The van der Waals surface area contributed by atoms with E-state index in [9.17, 15) is 4.79 Å². The number of rotatable bonds is 4. The van der Waals surface area contributed by atoms with Gasteiger partial charge in [-0.15, -0.1) is 0 Å². The molecule has 0 amide bonds. The number of halogens is 1. The Morgan fingerprint density at radius 3 is 2.54 bits per heavy atom. The summed E-state index contributed by atoms with van der Waals surface area (Å²) >= 11 is 3.35. The molecule has 0 bridgehead atoms. The molecule has 0 N–H and O–H groups in total. The average molecular weight is 383 g/mol. The number of hydrogen-bond donors (Lipinski definition) is 0. The number of carbonyl (C=O) groups is 1. The van der Waals surface area contributed by atoms with E-state index in [1.54, 1.807) is 12.1 Å². The van der Waals surface area contributed by atoms with E-state index in [1.165, 1.54) is 10.8 Å². The van der Waals surface area contributed by atoms with E-state index < -0.39 is 0 Å². The first-order chi connectivity index (χ1) is 11.7. The molecule has 0 radical (unpaired) electrons. The zero-order valence-corrected chi connectivity index (χ0v) is 14.4. The van der Waals surface area contributed by atoms with Crippen molar-refractivity contribution in [2.75, 3.05) is 6.61 Å². The summed E-state index contributed by atoms with van der Waals surface area (Å²) in [6, 6.07) is 21.6. The molecule has 0 spiro atoms. The lowest BCUT2D eigenvalue weighted by Crippen LogP contribution is -2.10. The molecule has 3 nitrogen and oxygen atoms in total. The summed E-state index contributed by atoms with van der Waals surface area (Å²) in [5, 5.41) is 2.40. The molecule has 4 heteroatoms. The molecule has 120 valence electrons. The van der Waals surface area contributed by atoms with Crippen molar-refractivity contribution in [1.29, 1.82) is 0 Å². The van der Waals surface area contributed by atoms with Crippen molar-refractivity contribution in [2.45, 2.75) is 12.2 Å². The van der Waals surface area contributed by atoms with Gasteiger partial charge in [-0.05, 0) is 46.7 Å².